The Kier molecular flexibility index (Phi) is 6.75. The summed E-state index contributed by atoms with van der Waals surface area (Å²) in [6.07, 6.45) is 4.17. The van der Waals surface area contributed by atoms with E-state index in [1.807, 2.05) is 53.1 Å². The smallest absolute Gasteiger partial charge is 0.242 e. The van der Waals surface area contributed by atoms with Crippen LogP contribution in [0.2, 0.25) is 0 Å². The predicted molar refractivity (Wildman–Crippen MR) is 114 cm³/mol. The normalized spacial score (nSPS) is 16.6. The first kappa shape index (κ1) is 21.8. The Morgan fingerprint density at radius 3 is 2.54 bits per heavy atom. The molecule has 0 aromatic heterocycles. The number of anilines is 1. The molecule has 28 heavy (non-hydrogen) atoms. The Morgan fingerprint density at radius 1 is 1.29 bits per heavy atom. The van der Waals surface area contributed by atoms with Gasteiger partial charge in [-0.1, -0.05) is 18.2 Å². The van der Waals surface area contributed by atoms with Crippen LogP contribution in [0.3, 0.4) is 0 Å². The quantitative estimate of drug-likeness (QED) is 0.670. The lowest BCUT2D eigenvalue weighted by Gasteiger charge is -2.28. The molecule has 0 aliphatic carbocycles. The van der Waals surface area contributed by atoms with Crippen LogP contribution in [0.5, 0.6) is 0 Å². The number of hydrogen-bond acceptors (Lipinski definition) is 4. The SMILES string of the molecule is CNC1=CC(C(C)NC(=O)C(C)Nc2ccc(C(C)(C)F)cc2C)=CCN1C. The summed E-state index contributed by atoms with van der Waals surface area (Å²) >= 11 is 0. The second kappa shape index (κ2) is 8.67. The fraction of sp³-hybridized carbons (Fsp3) is 0.500. The number of carbonyl (C=O) groups excluding carboxylic acids is 1. The summed E-state index contributed by atoms with van der Waals surface area (Å²) < 4.78 is 14.1. The standard InChI is InChI=1S/C22H33FN4O/c1-14-12-18(22(4,5)23)8-9-19(14)25-16(3)21(28)26-15(2)17-10-11-27(7)20(13-17)24-6/h8-10,12-13,15-16,24-25H,11H2,1-7H3,(H,26,28). The molecule has 0 fully saturated rings. The molecule has 0 bridgehead atoms. The largest absolute Gasteiger partial charge is 0.375 e. The maximum absolute atomic E-state index is 14.1. The maximum atomic E-state index is 14.1. The van der Waals surface area contributed by atoms with E-state index in [9.17, 15) is 9.18 Å². The monoisotopic (exact) mass is 388 g/mol. The summed E-state index contributed by atoms with van der Waals surface area (Å²) in [5.74, 6) is 0.942. The minimum Gasteiger partial charge on any atom is -0.375 e. The summed E-state index contributed by atoms with van der Waals surface area (Å²) in [5, 5.41) is 9.46. The highest BCUT2D eigenvalue weighted by molar-refractivity contribution is 5.85. The first-order valence-electron chi connectivity index (χ1n) is 9.70. The van der Waals surface area contributed by atoms with Crippen LogP contribution in [0.4, 0.5) is 10.1 Å². The van der Waals surface area contributed by atoms with E-state index >= 15 is 0 Å². The molecule has 2 rings (SSSR count). The number of nitrogens with one attached hydrogen (secondary N) is 3. The molecule has 154 valence electrons. The highest BCUT2D eigenvalue weighted by Gasteiger charge is 2.22. The number of carbonyl (C=O) groups is 1. The van der Waals surface area contributed by atoms with Crippen LogP contribution in [0.15, 0.2) is 41.7 Å². The van der Waals surface area contributed by atoms with E-state index in [1.54, 1.807) is 6.07 Å². The van der Waals surface area contributed by atoms with Gasteiger partial charge >= 0.3 is 0 Å². The Bertz CT molecular complexity index is 779. The van der Waals surface area contributed by atoms with Gasteiger partial charge in [0, 0.05) is 26.3 Å². The number of likely N-dealkylation sites (N-methyl/N-ethyl adjacent to an activating group) is 1. The van der Waals surface area contributed by atoms with Gasteiger partial charge in [0.25, 0.3) is 0 Å². The van der Waals surface area contributed by atoms with Crippen LogP contribution in [0.25, 0.3) is 0 Å². The van der Waals surface area contributed by atoms with E-state index in [4.69, 9.17) is 0 Å². The Morgan fingerprint density at radius 2 is 1.96 bits per heavy atom. The minimum absolute atomic E-state index is 0.0824. The molecular weight excluding hydrogens is 355 g/mol. The fourth-order valence-electron chi connectivity index (χ4n) is 3.15. The number of nitrogens with zero attached hydrogens (tertiary/aromatic N) is 1. The topological polar surface area (TPSA) is 56.4 Å². The summed E-state index contributed by atoms with van der Waals surface area (Å²) in [5.41, 5.74) is 2.06. The van der Waals surface area contributed by atoms with Crippen molar-refractivity contribution >= 4 is 11.6 Å². The van der Waals surface area contributed by atoms with Gasteiger partial charge in [-0.2, -0.15) is 0 Å². The number of amides is 1. The van der Waals surface area contributed by atoms with Gasteiger partial charge in [0.15, 0.2) is 0 Å². The number of rotatable bonds is 7. The van der Waals surface area contributed by atoms with Gasteiger partial charge in [0.2, 0.25) is 5.91 Å². The van der Waals surface area contributed by atoms with Gasteiger partial charge in [0.05, 0.1) is 6.04 Å². The zero-order chi connectivity index (χ0) is 21.1. The molecule has 2 atom stereocenters. The summed E-state index contributed by atoms with van der Waals surface area (Å²) in [6, 6.07) is 4.91. The average Bonchev–Trinajstić information content (AvgIpc) is 2.62. The molecule has 1 aromatic carbocycles. The molecule has 1 heterocycles. The van der Waals surface area contributed by atoms with Crippen molar-refractivity contribution in [3.05, 3.63) is 52.9 Å². The van der Waals surface area contributed by atoms with Gasteiger partial charge in [-0.3, -0.25) is 4.79 Å². The molecular formula is C22H33FN4O. The van der Waals surface area contributed by atoms with E-state index in [1.165, 1.54) is 13.8 Å². The second-order valence-electron chi connectivity index (χ2n) is 7.96. The third-order valence-electron chi connectivity index (χ3n) is 5.11. The van der Waals surface area contributed by atoms with E-state index in [2.05, 4.69) is 26.9 Å². The van der Waals surface area contributed by atoms with Gasteiger partial charge in [-0.05, 0) is 63.5 Å². The zero-order valence-electron chi connectivity index (χ0n) is 18.0. The van der Waals surface area contributed by atoms with Crippen molar-refractivity contribution in [3.63, 3.8) is 0 Å². The molecule has 1 aliphatic rings. The molecule has 1 aromatic rings. The fourth-order valence-corrected chi connectivity index (χ4v) is 3.15. The molecule has 1 amide bonds. The predicted octanol–water partition coefficient (Wildman–Crippen LogP) is 3.44. The van der Waals surface area contributed by atoms with Crippen LogP contribution in [0, 0.1) is 6.92 Å². The van der Waals surface area contributed by atoms with Crippen molar-refractivity contribution in [2.24, 2.45) is 0 Å². The third-order valence-corrected chi connectivity index (χ3v) is 5.11. The molecule has 0 spiro atoms. The number of aryl methyl sites for hydroxylation is 1. The van der Waals surface area contributed by atoms with Gasteiger partial charge in [-0.15, -0.1) is 0 Å². The molecule has 0 saturated carbocycles. The molecule has 5 nitrogen and oxygen atoms in total. The molecule has 2 unspecified atom stereocenters. The lowest BCUT2D eigenvalue weighted by molar-refractivity contribution is -0.121. The van der Waals surface area contributed by atoms with Crippen LogP contribution < -0.4 is 16.0 Å². The highest BCUT2D eigenvalue weighted by Crippen LogP contribution is 2.28. The van der Waals surface area contributed by atoms with Crippen molar-refractivity contribution < 1.29 is 9.18 Å². The Labute approximate surface area is 168 Å². The van der Waals surface area contributed by atoms with E-state index < -0.39 is 11.7 Å². The van der Waals surface area contributed by atoms with Gasteiger partial charge in [-0.25, -0.2) is 4.39 Å². The number of benzene rings is 1. The number of alkyl halides is 1. The van der Waals surface area contributed by atoms with Crippen molar-refractivity contribution in [2.75, 3.05) is 26.0 Å². The molecule has 0 radical (unpaired) electrons. The number of halogens is 1. The van der Waals surface area contributed by atoms with Gasteiger partial charge < -0.3 is 20.9 Å². The van der Waals surface area contributed by atoms with Gasteiger partial charge in [0.1, 0.15) is 17.5 Å². The van der Waals surface area contributed by atoms with E-state index in [0.717, 1.165) is 29.2 Å². The first-order chi connectivity index (χ1) is 13.0. The Hall–Kier alpha value is -2.50. The van der Waals surface area contributed by atoms with Crippen LogP contribution in [0.1, 0.15) is 38.8 Å². The summed E-state index contributed by atoms with van der Waals surface area (Å²) in [6.45, 7) is 9.60. The summed E-state index contributed by atoms with van der Waals surface area (Å²) in [7, 11) is 3.90. The molecule has 0 saturated heterocycles. The maximum Gasteiger partial charge on any atom is 0.242 e. The van der Waals surface area contributed by atoms with E-state index in [0.29, 0.717) is 5.56 Å². The van der Waals surface area contributed by atoms with Crippen molar-refractivity contribution in [1.29, 1.82) is 0 Å². The van der Waals surface area contributed by atoms with Crippen LogP contribution >= 0.6 is 0 Å². The minimum atomic E-state index is -1.39. The average molecular weight is 389 g/mol. The van der Waals surface area contributed by atoms with Crippen LogP contribution in [-0.4, -0.2) is 43.5 Å². The van der Waals surface area contributed by atoms with Crippen LogP contribution in [-0.2, 0) is 10.5 Å². The lowest BCUT2D eigenvalue weighted by Crippen LogP contribution is -2.43. The highest BCUT2D eigenvalue weighted by atomic mass is 19.1. The van der Waals surface area contributed by atoms with E-state index in [-0.39, 0.29) is 11.9 Å². The Balaban J connectivity index is 2.01. The number of hydrogen-bond donors (Lipinski definition) is 3. The van der Waals surface area contributed by atoms with Crippen molar-refractivity contribution in [2.45, 2.75) is 52.4 Å². The molecule has 3 N–H and O–H groups in total. The zero-order valence-corrected chi connectivity index (χ0v) is 18.0. The summed E-state index contributed by atoms with van der Waals surface area (Å²) in [4.78, 5) is 14.8. The molecule has 6 heteroatoms. The first-order valence-corrected chi connectivity index (χ1v) is 9.70. The molecule has 1 aliphatic heterocycles. The third kappa shape index (κ3) is 5.27. The second-order valence-corrected chi connectivity index (χ2v) is 7.96. The lowest BCUT2D eigenvalue weighted by atomic mass is 9.97. The van der Waals surface area contributed by atoms with Crippen molar-refractivity contribution in [3.8, 4) is 0 Å². The van der Waals surface area contributed by atoms with Crippen molar-refractivity contribution in [1.82, 2.24) is 15.5 Å².